The number of primary amides is 2. The van der Waals surface area contributed by atoms with Crippen molar-refractivity contribution in [2.75, 3.05) is 76.0 Å². The van der Waals surface area contributed by atoms with Crippen LogP contribution in [0, 0.1) is 10.1 Å². The third-order valence-electron chi connectivity index (χ3n) is 7.07. The second-order valence-corrected chi connectivity index (χ2v) is 10.1. The van der Waals surface area contributed by atoms with Gasteiger partial charge in [0.1, 0.15) is 5.56 Å². The Morgan fingerprint density at radius 1 is 0.825 bits per heavy atom. The number of nitrogens with zero attached hydrogens (tertiary/aromatic N) is 5. The fourth-order valence-electron chi connectivity index (χ4n) is 5.04. The Morgan fingerprint density at radius 3 is 1.65 bits per heavy atom. The molecule has 13 nitrogen and oxygen atoms in total. The molecule has 2 amide bonds. The number of nitrogens with two attached hydrogens (primary N) is 3. The first-order chi connectivity index (χ1) is 18.9. The van der Waals surface area contributed by atoms with E-state index in [9.17, 15) is 19.7 Å². The molecule has 2 aromatic carbocycles. The quantitative estimate of drug-likeness (QED) is 0.234. The lowest BCUT2D eigenvalue weighted by Crippen LogP contribution is -2.50. The van der Waals surface area contributed by atoms with Crippen LogP contribution in [0.2, 0.25) is 0 Å². The number of aliphatic hydroxyl groups excluding tert-OH is 1. The molecule has 2 aliphatic rings. The normalized spacial score (nSPS) is 19.6. The van der Waals surface area contributed by atoms with Crippen molar-refractivity contribution in [3.63, 3.8) is 0 Å². The minimum atomic E-state index is -0.777. The highest BCUT2D eigenvalue weighted by Crippen LogP contribution is 2.27. The number of rotatable bonds is 5. The van der Waals surface area contributed by atoms with Crippen molar-refractivity contribution in [1.29, 1.82) is 0 Å². The average molecular weight is 559 g/mol. The first-order valence-corrected chi connectivity index (χ1v) is 13.0. The maximum Gasteiger partial charge on any atom is 0.282 e. The van der Waals surface area contributed by atoms with Gasteiger partial charge in [-0.25, -0.2) is 0 Å². The summed E-state index contributed by atoms with van der Waals surface area (Å²) in [5.74, 6) is -1.25. The fraction of sp³-hybridized carbons (Fsp3) is 0.481. The first-order valence-electron chi connectivity index (χ1n) is 13.0. The van der Waals surface area contributed by atoms with Crippen molar-refractivity contribution >= 4 is 34.6 Å². The highest BCUT2D eigenvalue weighted by molar-refractivity contribution is 5.99. The number of nitrogen functional groups attached to an aromatic ring is 1. The Hall–Kier alpha value is -3.94. The molecule has 2 aromatic rings. The Bertz CT molecular complexity index is 1190. The lowest BCUT2D eigenvalue weighted by atomic mass is 10.1. The molecular formula is C27H42N8O5. The Morgan fingerprint density at radius 2 is 1.25 bits per heavy atom. The van der Waals surface area contributed by atoms with Crippen molar-refractivity contribution < 1.29 is 19.6 Å². The molecule has 0 unspecified atom stereocenters. The number of amides is 2. The van der Waals surface area contributed by atoms with Gasteiger partial charge in [-0.1, -0.05) is 0 Å². The Labute approximate surface area is 235 Å². The van der Waals surface area contributed by atoms with Gasteiger partial charge in [0.25, 0.3) is 17.5 Å². The summed E-state index contributed by atoms with van der Waals surface area (Å²) in [4.78, 5) is 41.9. The van der Waals surface area contributed by atoms with Gasteiger partial charge in [-0.15, -0.1) is 0 Å². The molecule has 0 aromatic heterocycles. The zero-order chi connectivity index (χ0) is 30.1. The maximum atomic E-state index is 11.4. The van der Waals surface area contributed by atoms with E-state index in [0.717, 1.165) is 57.8 Å². The van der Waals surface area contributed by atoms with E-state index in [-0.39, 0.29) is 17.3 Å². The molecule has 0 radical (unpaired) electrons. The van der Waals surface area contributed by atoms with Crippen LogP contribution < -0.4 is 27.0 Å². The summed E-state index contributed by atoms with van der Waals surface area (Å²) in [5, 5.41) is 17.9. The first kappa shape index (κ1) is 32.3. The van der Waals surface area contributed by atoms with Crippen LogP contribution in [-0.2, 0) is 0 Å². The minimum absolute atomic E-state index is 0.0429. The number of nitro groups is 1. The van der Waals surface area contributed by atoms with Crippen LogP contribution in [0.3, 0.4) is 0 Å². The number of anilines is 3. The van der Waals surface area contributed by atoms with Crippen LogP contribution >= 0.6 is 0 Å². The highest BCUT2D eigenvalue weighted by atomic mass is 16.6. The van der Waals surface area contributed by atoms with Crippen LogP contribution in [0.5, 0.6) is 0 Å². The molecule has 13 heteroatoms. The number of nitro benzene ring substituents is 1. The predicted octanol–water partition coefficient (Wildman–Crippen LogP) is 0.951. The predicted molar refractivity (Wildman–Crippen MR) is 158 cm³/mol. The molecule has 2 saturated heterocycles. The summed E-state index contributed by atoms with van der Waals surface area (Å²) in [6, 6.07) is 10.7. The van der Waals surface area contributed by atoms with Crippen LogP contribution in [0.1, 0.15) is 34.6 Å². The lowest BCUT2D eigenvalue weighted by molar-refractivity contribution is -0.385. The molecule has 220 valence electrons. The molecule has 4 rings (SSSR count). The van der Waals surface area contributed by atoms with Crippen molar-refractivity contribution in [3.8, 4) is 0 Å². The summed E-state index contributed by atoms with van der Waals surface area (Å²) in [7, 11) is 5.17. The molecule has 2 fully saturated rings. The smallest absolute Gasteiger partial charge is 0.282 e. The van der Waals surface area contributed by atoms with Gasteiger partial charge in [-0.2, -0.15) is 0 Å². The standard InChI is InChI=1S/C13H18N4O3.C13H20N4O.CH4O/c1-9-8-15(2)5-6-16(9)10-3-4-12(17(19)20)11(7-10)13(14)18;1-9-8-16(2)5-6-17(9)10-3-4-12(14)11(7-10)13(15)18;1-2/h3-4,7,9H,5-6,8H2,1-2H3,(H2,14,18);3-4,7,9H,5-6,8,14H2,1-2H3,(H2,15,18);2H,1H3/t2*9-;/m00./s1. The van der Waals surface area contributed by atoms with E-state index in [1.165, 1.54) is 12.1 Å². The summed E-state index contributed by atoms with van der Waals surface area (Å²) in [6.45, 7) is 9.86. The average Bonchev–Trinajstić information content (AvgIpc) is 2.90. The largest absolute Gasteiger partial charge is 0.400 e. The summed E-state index contributed by atoms with van der Waals surface area (Å²) < 4.78 is 0. The van der Waals surface area contributed by atoms with E-state index >= 15 is 0 Å². The number of benzene rings is 2. The summed E-state index contributed by atoms with van der Waals surface area (Å²) in [6.07, 6.45) is 0. The summed E-state index contributed by atoms with van der Waals surface area (Å²) in [5.41, 5.74) is 18.7. The Kier molecular flexibility index (Phi) is 11.7. The zero-order valence-electron chi connectivity index (χ0n) is 23.9. The van der Waals surface area contributed by atoms with Gasteiger partial charge in [0.2, 0.25) is 0 Å². The number of carbonyl (C=O) groups excluding carboxylic acids is 2. The SMILES string of the molecule is CO.C[C@H]1CN(C)CCN1c1ccc(N)c(C(N)=O)c1.C[C@H]1CN(C)CCN1c1ccc([N+](=O)[O-])c(C(N)=O)c1. The van der Waals surface area contributed by atoms with E-state index in [2.05, 4.69) is 47.5 Å². The molecule has 0 spiro atoms. The van der Waals surface area contributed by atoms with Gasteiger partial charge < -0.3 is 41.9 Å². The van der Waals surface area contributed by atoms with Gasteiger partial charge in [-0.3, -0.25) is 19.7 Å². The molecule has 7 N–H and O–H groups in total. The molecule has 40 heavy (non-hydrogen) atoms. The number of hydrogen-bond donors (Lipinski definition) is 4. The third-order valence-corrected chi connectivity index (χ3v) is 7.07. The molecule has 2 aliphatic heterocycles. The van der Waals surface area contributed by atoms with Crippen LogP contribution in [0.15, 0.2) is 36.4 Å². The third kappa shape index (κ3) is 8.04. The van der Waals surface area contributed by atoms with E-state index < -0.39 is 16.7 Å². The number of piperazine rings is 2. The fourth-order valence-corrected chi connectivity index (χ4v) is 5.04. The van der Waals surface area contributed by atoms with E-state index in [4.69, 9.17) is 22.3 Å². The molecule has 0 aliphatic carbocycles. The van der Waals surface area contributed by atoms with Crippen LogP contribution in [0.25, 0.3) is 0 Å². The Balaban J connectivity index is 0.000000265. The van der Waals surface area contributed by atoms with E-state index in [1.807, 2.05) is 6.07 Å². The number of likely N-dealkylation sites (N-methyl/N-ethyl adjacent to an activating group) is 2. The highest BCUT2D eigenvalue weighted by Gasteiger charge is 2.25. The summed E-state index contributed by atoms with van der Waals surface area (Å²) >= 11 is 0. The van der Waals surface area contributed by atoms with Crippen LogP contribution in [-0.4, -0.2) is 104 Å². The monoisotopic (exact) mass is 558 g/mol. The van der Waals surface area contributed by atoms with Gasteiger partial charge in [0, 0.05) is 81.6 Å². The molecular weight excluding hydrogens is 516 g/mol. The lowest BCUT2D eigenvalue weighted by Gasteiger charge is -2.40. The van der Waals surface area contributed by atoms with Crippen LogP contribution in [0.4, 0.5) is 22.7 Å². The molecule has 2 atom stereocenters. The van der Waals surface area contributed by atoms with E-state index in [1.54, 1.807) is 18.2 Å². The number of carbonyl (C=O) groups is 2. The van der Waals surface area contributed by atoms with E-state index in [0.29, 0.717) is 17.3 Å². The molecule has 0 saturated carbocycles. The van der Waals surface area contributed by atoms with Crippen molar-refractivity contribution in [3.05, 3.63) is 57.6 Å². The number of aliphatic hydroxyl groups is 1. The topological polar surface area (TPSA) is 189 Å². The second kappa shape index (κ2) is 14.4. The van der Waals surface area contributed by atoms with Gasteiger partial charge >= 0.3 is 0 Å². The van der Waals surface area contributed by atoms with Gasteiger partial charge in [0.05, 0.1) is 10.5 Å². The van der Waals surface area contributed by atoms with Gasteiger partial charge in [-0.05, 0) is 58.3 Å². The number of hydrogen-bond acceptors (Lipinski definition) is 10. The maximum absolute atomic E-state index is 11.4. The van der Waals surface area contributed by atoms with Crippen molar-refractivity contribution in [2.45, 2.75) is 25.9 Å². The van der Waals surface area contributed by atoms with Gasteiger partial charge in [0.15, 0.2) is 0 Å². The van der Waals surface area contributed by atoms with Crippen molar-refractivity contribution in [1.82, 2.24) is 9.80 Å². The molecule has 2 heterocycles. The van der Waals surface area contributed by atoms with Crippen molar-refractivity contribution in [2.24, 2.45) is 11.5 Å². The second-order valence-electron chi connectivity index (χ2n) is 10.1. The molecule has 0 bridgehead atoms. The minimum Gasteiger partial charge on any atom is -0.400 e. The zero-order valence-corrected chi connectivity index (χ0v) is 23.9.